The molecule has 0 bridgehead atoms. The number of phenolic OH excluding ortho intramolecular Hbond substituents is 1. The number of aromatic hydroxyl groups is 1. The number of benzene rings is 2. The Morgan fingerprint density at radius 2 is 1.79 bits per heavy atom. The molecule has 2 aromatic rings. The molecule has 0 aliphatic carbocycles. The first-order chi connectivity index (χ1) is 13.2. The molecule has 1 fully saturated rings. The lowest BCUT2D eigenvalue weighted by atomic mass is 10.2. The van der Waals surface area contributed by atoms with Gasteiger partial charge in [-0.05, 0) is 48.9 Å². The van der Waals surface area contributed by atoms with E-state index in [1.807, 2.05) is 0 Å². The number of amides is 3. The summed E-state index contributed by atoms with van der Waals surface area (Å²) in [7, 11) is -3.07. The summed E-state index contributed by atoms with van der Waals surface area (Å²) in [6.07, 6.45) is 0.394. The maximum absolute atomic E-state index is 12.3. The van der Waals surface area contributed by atoms with Crippen molar-refractivity contribution in [2.75, 3.05) is 22.1 Å². The van der Waals surface area contributed by atoms with Crippen LogP contribution in [-0.4, -0.2) is 43.0 Å². The molecule has 1 heterocycles. The third kappa shape index (κ3) is 5.14. The molecular weight excluding hydrogens is 406 g/mol. The molecule has 1 unspecified atom stereocenters. The van der Waals surface area contributed by atoms with Gasteiger partial charge in [0.15, 0.2) is 9.84 Å². The second-order valence-corrected chi connectivity index (χ2v) is 9.06. The quantitative estimate of drug-likeness (QED) is 0.562. The van der Waals surface area contributed by atoms with E-state index in [2.05, 4.69) is 16.0 Å². The van der Waals surface area contributed by atoms with Crippen LogP contribution in [0.3, 0.4) is 0 Å². The van der Waals surface area contributed by atoms with Crippen molar-refractivity contribution < 1.29 is 23.1 Å². The molecule has 1 atom stereocenters. The Labute approximate surface area is 166 Å². The molecule has 10 heteroatoms. The van der Waals surface area contributed by atoms with Crippen LogP contribution >= 0.6 is 11.6 Å². The Bertz CT molecular complexity index is 1010. The average Bonchev–Trinajstić information content (AvgIpc) is 2.97. The zero-order valence-corrected chi connectivity index (χ0v) is 16.2. The Kier molecular flexibility index (Phi) is 5.76. The molecule has 0 aromatic heterocycles. The van der Waals surface area contributed by atoms with Crippen LogP contribution in [0.15, 0.2) is 42.5 Å². The summed E-state index contributed by atoms with van der Waals surface area (Å²) < 4.78 is 22.8. The number of urea groups is 1. The normalized spacial score (nSPS) is 17.7. The van der Waals surface area contributed by atoms with Crippen LogP contribution in [0.5, 0.6) is 5.75 Å². The van der Waals surface area contributed by atoms with Crippen LogP contribution < -0.4 is 16.0 Å². The lowest BCUT2D eigenvalue weighted by molar-refractivity contribution is 0.102. The number of rotatable bonds is 4. The first-order valence-corrected chi connectivity index (χ1v) is 10.6. The number of hydrogen-bond acceptors (Lipinski definition) is 5. The number of hydrogen-bond donors (Lipinski definition) is 4. The zero-order chi connectivity index (χ0) is 20.3. The highest BCUT2D eigenvalue weighted by atomic mass is 35.5. The van der Waals surface area contributed by atoms with Crippen LogP contribution in [0.25, 0.3) is 0 Å². The van der Waals surface area contributed by atoms with E-state index in [4.69, 9.17) is 11.6 Å². The zero-order valence-electron chi connectivity index (χ0n) is 14.6. The number of phenols is 1. The van der Waals surface area contributed by atoms with Gasteiger partial charge in [0, 0.05) is 22.3 Å². The summed E-state index contributed by atoms with van der Waals surface area (Å²) in [6.45, 7) is 0. The van der Waals surface area contributed by atoms with E-state index in [-0.39, 0.29) is 22.9 Å². The molecule has 1 aliphatic heterocycles. The van der Waals surface area contributed by atoms with Crippen LogP contribution in [0, 0.1) is 0 Å². The number of carbonyl (C=O) groups is 2. The van der Waals surface area contributed by atoms with E-state index in [0.717, 1.165) is 0 Å². The summed E-state index contributed by atoms with van der Waals surface area (Å²) in [6, 6.07) is 9.48. The van der Waals surface area contributed by atoms with Crippen molar-refractivity contribution >= 4 is 44.8 Å². The van der Waals surface area contributed by atoms with E-state index < -0.39 is 27.8 Å². The van der Waals surface area contributed by atoms with E-state index >= 15 is 0 Å². The summed E-state index contributed by atoms with van der Waals surface area (Å²) in [5.41, 5.74) is 0.943. The Morgan fingerprint density at radius 1 is 1.07 bits per heavy atom. The van der Waals surface area contributed by atoms with Gasteiger partial charge in [0.2, 0.25) is 0 Å². The van der Waals surface area contributed by atoms with Gasteiger partial charge in [0.1, 0.15) is 5.75 Å². The minimum Gasteiger partial charge on any atom is -0.506 e. The molecule has 0 saturated carbocycles. The second kappa shape index (κ2) is 8.07. The van der Waals surface area contributed by atoms with Crippen LogP contribution in [0.4, 0.5) is 16.2 Å². The first kappa shape index (κ1) is 20.0. The molecule has 2 aromatic carbocycles. The molecule has 0 radical (unpaired) electrons. The maximum Gasteiger partial charge on any atom is 0.319 e. The number of carbonyl (C=O) groups excluding carboxylic acids is 2. The lowest BCUT2D eigenvalue weighted by Gasteiger charge is -2.12. The van der Waals surface area contributed by atoms with Crippen molar-refractivity contribution in [1.82, 2.24) is 5.32 Å². The van der Waals surface area contributed by atoms with Gasteiger partial charge in [0.25, 0.3) is 5.91 Å². The Morgan fingerprint density at radius 3 is 2.43 bits per heavy atom. The van der Waals surface area contributed by atoms with Crippen molar-refractivity contribution in [1.29, 1.82) is 0 Å². The van der Waals surface area contributed by atoms with Crippen molar-refractivity contribution in [3.63, 3.8) is 0 Å². The molecule has 0 spiro atoms. The molecule has 1 saturated heterocycles. The number of nitrogens with one attached hydrogen (secondary N) is 3. The topological polar surface area (TPSA) is 125 Å². The van der Waals surface area contributed by atoms with Crippen molar-refractivity contribution in [3.8, 4) is 5.75 Å². The average molecular weight is 424 g/mol. The smallest absolute Gasteiger partial charge is 0.319 e. The molecule has 4 N–H and O–H groups in total. The highest BCUT2D eigenvalue weighted by molar-refractivity contribution is 7.91. The molecule has 1 aliphatic rings. The van der Waals surface area contributed by atoms with Gasteiger partial charge in [0.05, 0.1) is 17.2 Å². The molecule has 8 nitrogen and oxygen atoms in total. The minimum atomic E-state index is -3.07. The van der Waals surface area contributed by atoms with E-state index in [1.165, 1.54) is 42.5 Å². The number of sulfone groups is 1. The first-order valence-electron chi connectivity index (χ1n) is 8.40. The molecular formula is C18H18ClN3O5S. The Hall–Kier alpha value is -2.78. The molecule has 148 valence electrons. The highest BCUT2D eigenvalue weighted by Crippen LogP contribution is 2.27. The summed E-state index contributed by atoms with van der Waals surface area (Å²) in [5.74, 6) is -0.550. The monoisotopic (exact) mass is 423 g/mol. The summed E-state index contributed by atoms with van der Waals surface area (Å²) in [4.78, 5) is 24.3. The number of anilines is 2. The fourth-order valence-corrected chi connectivity index (χ4v) is 4.61. The predicted molar refractivity (Wildman–Crippen MR) is 107 cm³/mol. The van der Waals surface area contributed by atoms with Gasteiger partial charge < -0.3 is 21.1 Å². The fourth-order valence-electron chi connectivity index (χ4n) is 2.77. The molecule has 28 heavy (non-hydrogen) atoms. The maximum atomic E-state index is 12.3. The molecule has 3 rings (SSSR count). The Balaban J connectivity index is 1.57. The number of halogens is 1. The summed E-state index contributed by atoms with van der Waals surface area (Å²) in [5, 5.41) is 17.9. The van der Waals surface area contributed by atoms with Gasteiger partial charge in [-0.3, -0.25) is 4.79 Å². The SMILES string of the molecule is O=C(Nc1ccc(C(=O)Nc2cc(Cl)ccc2O)cc1)NC1CCS(=O)(=O)C1. The van der Waals surface area contributed by atoms with E-state index in [1.54, 1.807) is 0 Å². The van der Waals surface area contributed by atoms with E-state index in [0.29, 0.717) is 22.7 Å². The van der Waals surface area contributed by atoms with Gasteiger partial charge in [-0.2, -0.15) is 0 Å². The largest absolute Gasteiger partial charge is 0.506 e. The van der Waals surface area contributed by atoms with Crippen LogP contribution in [-0.2, 0) is 9.84 Å². The second-order valence-electron chi connectivity index (χ2n) is 6.39. The predicted octanol–water partition coefficient (Wildman–Crippen LogP) is 2.61. The van der Waals surface area contributed by atoms with Gasteiger partial charge in [-0.25, -0.2) is 13.2 Å². The lowest BCUT2D eigenvalue weighted by Crippen LogP contribution is -2.38. The van der Waals surface area contributed by atoms with Gasteiger partial charge >= 0.3 is 6.03 Å². The fraction of sp³-hybridized carbons (Fsp3) is 0.222. The van der Waals surface area contributed by atoms with Crippen molar-refractivity contribution in [3.05, 3.63) is 53.1 Å². The highest BCUT2D eigenvalue weighted by Gasteiger charge is 2.28. The van der Waals surface area contributed by atoms with Gasteiger partial charge in [-0.15, -0.1) is 0 Å². The molecule has 3 amide bonds. The third-order valence-corrected chi connectivity index (χ3v) is 6.18. The van der Waals surface area contributed by atoms with Gasteiger partial charge in [-0.1, -0.05) is 11.6 Å². The van der Waals surface area contributed by atoms with Crippen LogP contribution in [0.2, 0.25) is 5.02 Å². The van der Waals surface area contributed by atoms with Crippen LogP contribution in [0.1, 0.15) is 16.8 Å². The van der Waals surface area contributed by atoms with Crippen molar-refractivity contribution in [2.24, 2.45) is 0 Å². The summed E-state index contributed by atoms with van der Waals surface area (Å²) >= 11 is 5.85. The third-order valence-electron chi connectivity index (χ3n) is 4.18. The standard InChI is InChI=1S/C18H18ClN3O5S/c19-12-3-6-16(23)15(9-12)22-17(24)11-1-4-13(5-2-11)20-18(25)21-14-7-8-28(26,27)10-14/h1-6,9,14,23H,7-8,10H2,(H,22,24)(H2,20,21,25). The van der Waals surface area contributed by atoms with Crippen molar-refractivity contribution in [2.45, 2.75) is 12.5 Å². The minimum absolute atomic E-state index is 0.0596. The van der Waals surface area contributed by atoms with E-state index in [9.17, 15) is 23.1 Å².